The minimum absolute atomic E-state index is 0.870. The molecule has 1 N–H and O–H groups in total. The van der Waals surface area contributed by atoms with Gasteiger partial charge in [-0.1, -0.05) is 12.1 Å². The average Bonchev–Trinajstić information content (AvgIpc) is 3.16. The van der Waals surface area contributed by atoms with Gasteiger partial charge in [-0.3, -0.25) is 0 Å². The molecule has 108 valence electrons. The normalized spacial score (nSPS) is 10.9. The minimum Gasteiger partial charge on any atom is -0.338 e. The molecule has 1 aromatic carbocycles. The van der Waals surface area contributed by atoms with Gasteiger partial charge in [-0.15, -0.1) is 0 Å². The Labute approximate surface area is 124 Å². The maximum Gasteiger partial charge on any atom is 0.109 e. The molecule has 0 aliphatic rings. The first kappa shape index (κ1) is 13.6. The Bertz CT molecular complexity index is 667. The summed E-state index contributed by atoms with van der Waals surface area (Å²) in [5, 5.41) is 3.45. The zero-order valence-electron chi connectivity index (χ0n) is 12.1. The molecule has 0 fully saturated rings. The maximum absolute atomic E-state index is 4.31. The largest absolute Gasteiger partial charge is 0.338 e. The Morgan fingerprint density at radius 2 is 1.95 bits per heavy atom. The molecule has 3 rings (SSSR count). The van der Waals surface area contributed by atoms with Gasteiger partial charge in [-0.05, 0) is 17.7 Å². The van der Waals surface area contributed by atoms with Gasteiger partial charge < -0.3 is 14.5 Å². The second kappa shape index (κ2) is 6.37. The minimum atomic E-state index is 0.870. The Morgan fingerprint density at radius 3 is 2.62 bits per heavy atom. The van der Waals surface area contributed by atoms with E-state index in [1.165, 1.54) is 5.56 Å². The molecule has 0 spiro atoms. The molecule has 5 heteroatoms. The van der Waals surface area contributed by atoms with Crippen molar-refractivity contribution in [3.05, 3.63) is 66.8 Å². The number of hydrogen-bond donors (Lipinski definition) is 1. The van der Waals surface area contributed by atoms with Crippen molar-refractivity contribution in [3.63, 3.8) is 0 Å². The topological polar surface area (TPSA) is 47.7 Å². The highest BCUT2D eigenvalue weighted by atomic mass is 15.0. The van der Waals surface area contributed by atoms with E-state index in [4.69, 9.17) is 0 Å². The molecule has 21 heavy (non-hydrogen) atoms. The summed E-state index contributed by atoms with van der Waals surface area (Å²) in [5.41, 5.74) is 2.41. The van der Waals surface area contributed by atoms with Crippen molar-refractivity contribution in [2.24, 2.45) is 7.05 Å². The molecule has 0 saturated heterocycles. The van der Waals surface area contributed by atoms with Crippen LogP contribution in [-0.4, -0.2) is 25.6 Å². The van der Waals surface area contributed by atoms with Crippen molar-refractivity contribution in [1.29, 1.82) is 0 Å². The molecule has 2 aromatic heterocycles. The van der Waals surface area contributed by atoms with Crippen LogP contribution in [0.15, 0.2) is 55.4 Å². The first-order chi connectivity index (χ1) is 10.3. The van der Waals surface area contributed by atoms with Gasteiger partial charge in [-0.2, -0.15) is 0 Å². The van der Waals surface area contributed by atoms with Crippen LogP contribution in [0.1, 0.15) is 11.4 Å². The molecule has 0 aliphatic carbocycles. The predicted molar refractivity (Wildman–Crippen MR) is 82.2 cm³/mol. The van der Waals surface area contributed by atoms with Crippen molar-refractivity contribution in [1.82, 2.24) is 24.4 Å². The summed E-state index contributed by atoms with van der Waals surface area (Å²) in [6.07, 6.45) is 10.3. The van der Waals surface area contributed by atoms with Crippen LogP contribution in [0.3, 0.4) is 0 Å². The van der Waals surface area contributed by atoms with Crippen LogP contribution in [0.5, 0.6) is 0 Å². The summed E-state index contributed by atoms with van der Waals surface area (Å²) in [5.74, 6) is 1.11. The maximum atomic E-state index is 4.31. The average molecular weight is 281 g/mol. The first-order valence-electron chi connectivity index (χ1n) is 7.07. The fourth-order valence-corrected chi connectivity index (χ4v) is 2.27. The van der Waals surface area contributed by atoms with Gasteiger partial charge in [0.05, 0.1) is 6.33 Å². The number of aromatic nitrogens is 4. The van der Waals surface area contributed by atoms with E-state index in [9.17, 15) is 0 Å². The van der Waals surface area contributed by atoms with Gasteiger partial charge in [-0.25, -0.2) is 9.97 Å². The fourth-order valence-electron chi connectivity index (χ4n) is 2.27. The molecule has 0 atom stereocenters. The van der Waals surface area contributed by atoms with Crippen LogP contribution >= 0.6 is 0 Å². The Morgan fingerprint density at radius 1 is 1.10 bits per heavy atom. The Kier molecular flexibility index (Phi) is 4.12. The summed E-state index contributed by atoms with van der Waals surface area (Å²) in [6.45, 7) is 1.79. The van der Waals surface area contributed by atoms with Crippen LogP contribution < -0.4 is 5.32 Å². The molecule has 5 nitrogen and oxygen atoms in total. The van der Waals surface area contributed by atoms with Crippen LogP contribution in [0.4, 0.5) is 0 Å². The lowest BCUT2D eigenvalue weighted by atomic mass is 10.2. The number of nitrogens with zero attached hydrogens (tertiary/aromatic N) is 4. The summed E-state index contributed by atoms with van der Waals surface area (Å²) < 4.78 is 4.06. The SMILES string of the molecule is Cn1ccnc1CCNCc1ccc(-n2ccnc2)cc1. The standard InChI is InChI=1S/C16H19N5/c1-20-10-9-19-16(20)6-7-17-12-14-2-4-15(5-3-14)21-11-8-18-13-21/h2-5,8-11,13,17H,6-7,12H2,1H3. The second-order valence-electron chi connectivity index (χ2n) is 5.02. The van der Waals surface area contributed by atoms with E-state index in [0.717, 1.165) is 31.0 Å². The van der Waals surface area contributed by atoms with E-state index in [2.05, 4.69) is 44.1 Å². The Balaban J connectivity index is 1.48. The third kappa shape index (κ3) is 3.38. The quantitative estimate of drug-likeness (QED) is 0.702. The molecule has 0 saturated carbocycles. The van der Waals surface area contributed by atoms with Gasteiger partial charge in [0.25, 0.3) is 0 Å². The lowest BCUT2D eigenvalue weighted by molar-refractivity contribution is 0.655. The van der Waals surface area contributed by atoms with Crippen LogP contribution in [-0.2, 0) is 20.0 Å². The van der Waals surface area contributed by atoms with Crippen molar-refractivity contribution in [2.45, 2.75) is 13.0 Å². The summed E-state index contributed by atoms with van der Waals surface area (Å²) >= 11 is 0. The molecule has 0 amide bonds. The van der Waals surface area contributed by atoms with Crippen molar-refractivity contribution in [2.75, 3.05) is 6.54 Å². The highest BCUT2D eigenvalue weighted by Crippen LogP contribution is 2.09. The summed E-state index contributed by atoms with van der Waals surface area (Å²) in [7, 11) is 2.02. The van der Waals surface area contributed by atoms with E-state index in [0.29, 0.717) is 0 Å². The number of benzene rings is 1. The van der Waals surface area contributed by atoms with Gasteiger partial charge in [0.15, 0.2) is 0 Å². The van der Waals surface area contributed by atoms with Crippen molar-refractivity contribution in [3.8, 4) is 5.69 Å². The number of aryl methyl sites for hydroxylation is 1. The second-order valence-corrected chi connectivity index (χ2v) is 5.02. The number of nitrogens with one attached hydrogen (secondary N) is 1. The summed E-state index contributed by atoms with van der Waals surface area (Å²) in [4.78, 5) is 8.37. The fraction of sp³-hybridized carbons (Fsp3) is 0.250. The van der Waals surface area contributed by atoms with Crippen LogP contribution in [0.2, 0.25) is 0 Å². The lowest BCUT2D eigenvalue weighted by Crippen LogP contribution is -2.18. The molecule has 0 unspecified atom stereocenters. The predicted octanol–water partition coefficient (Wildman–Crippen LogP) is 1.94. The van der Waals surface area contributed by atoms with Gasteiger partial charge in [0.1, 0.15) is 5.82 Å². The molecular formula is C16H19N5. The molecular weight excluding hydrogens is 262 g/mol. The van der Waals surface area contributed by atoms with Crippen molar-refractivity contribution >= 4 is 0 Å². The molecule has 3 aromatic rings. The Hall–Kier alpha value is -2.40. The molecule has 0 radical (unpaired) electrons. The van der Waals surface area contributed by atoms with Crippen LogP contribution in [0.25, 0.3) is 5.69 Å². The number of imidazole rings is 2. The van der Waals surface area contributed by atoms with E-state index in [-0.39, 0.29) is 0 Å². The van der Waals surface area contributed by atoms with E-state index in [1.807, 2.05) is 30.2 Å². The summed E-state index contributed by atoms with van der Waals surface area (Å²) in [6, 6.07) is 8.50. The molecule has 0 aliphatic heterocycles. The monoisotopic (exact) mass is 281 g/mol. The van der Waals surface area contributed by atoms with Gasteiger partial charge in [0, 0.05) is 57.0 Å². The molecule has 0 bridgehead atoms. The smallest absolute Gasteiger partial charge is 0.109 e. The zero-order chi connectivity index (χ0) is 14.5. The van der Waals surface area contributed by atoms with Gasteiger partial charge in [0.2, 0.25) is 0 Å². The highest BCUT2D eigenvalue weighted by Gasteiger charge is 1.99. The number of rotatable bonds is 6. The highest BCUT2D eigenvalue weighted by molar-refractivity contribution is 5.34. The van der Waals surface area contributed by atoms with E-state index in [1.54, 1.807) is 12.5 Å². The van der Waals surface area contributed by atoms with Crippen LogP contribution in [0, 0.1) is 0 Å². The van der Waals surface area contributed by atoms with Crippen molar-refractivity contribution < 1.29 is 0 Å². The third-order valence-corrected chi connectivity index (χ3v) is 3.51. The zero-order valence-corrected chi connectivity index (χ0v) is 12.1. The third-order valence-electron chi connectivity index (χ3n) is 3.51. The van der Waals surface area contributed by atoms with E-state index < -0.39 is 0 Å². The lowest BCUT2D eigenvalue weighted by Gasteiger charge is -2.07. The first-order valence-corrected chi connectivity index (χ1v) is 7.07. The number of hydrogen-bond acceptors (Lipinski definition) is 3. The molecule has 2 heterocycles. The van der Waals surface area contributed by atoms with Gasteiger partial charge >= 0.3 is 0 Å². The van der Waals surface area contributed by atoms with E-state index >= 15 is 0 Å².